The summed E-state index contributed by atoms with van der Waals surface area (Å²) < 4.78 is 1.57. The van der Waals surface area contributed by atoms with Gasteiger partial charge in [0.15, 0.2) is 0 Å². The number of rotatable bonds is 6. The van der Waals surface area contributed by atoms with Crippen molar-refractivity contribution in [3.05, 3.63) is 129 Å². The third-order valence-electron chi connectivity index (χ3n) is 6.86. The standard InChI is InChI=1S/C31H23N5O4/c1-20-27(30(37)35(31(38)28(20)18-32)21(2)22-9-5-3-6-10-22)17-24-19-34(25-13-15-26(16-14-25)36(39)40)33-29(24)23-11-7-4-8-12-23/h3-17,19,21H,1-2H3/b27-17+. The summed E-state index contributed by atoms with van der Waals surface area (Å²) in [5.74, 6) is -1.15. The maximum absolute atomic E-state index is 13.9. The third-order valence-corrected chi connectivity index (χ3v) is 6.86. The van der Waals surface area contributed by atoms with E-state index in [9.17, 15) is 25.0 Å². The van der Waals surface area contributed by atoms with Crippen molar-refractivity contribution in [2.45, 2.75) is 19.9 Å². The first-order valence-corrected chi connectivity index (χ1v) is 12.5. The lowest BCUT2D eigenvalue weighted by atomic mass is 9.91. The molecule has 0 saturated heterocycles. The lowest BCUT2D eigenvalue weighted by Gasteiger charge is -2.32. The molecule has 0 radical (unpaired) electrons. The molecule has 5 rings (SSSR count). The summed E-state index contributed by atoms with van der Waals surface area (Å²) in [6.45, 7) is 3.34. The Morgan fingerprint density at radius 3 is 2.17 bits per heavy atom. The topological polar surface area (TPSA) is 122 Å². The van der Waals surface area contributed by atoms with Gasteiger partial charge in [-0.2, -0.15) is 10.4 Å². The Kier molecular flexibility index (Phi) is 6.91. The number of hydrogen-bond acceptors (Lipinski definition) is 6. The summed E-state index contributed by atoms with van der Waals surface area (Å²) in [7, 11) is 0. The lowest BCUT2D eigenvalue weighted by Crippen LogP contribution is -2.44. The van der Waals surface area contributed by atoms with Crippen LogP contribution in [0.5, 0.6) is 0 Å². The largest absolute Gasteiger partial charge is 0.272 e. The van der Waals surface area contributed by atoms with Gasteiger partial charge in [0, 0.05) is 35.0 Å². The van der Waals surface area contributed by atoms with Crippen LogP contribution in [-0.2, 0) is 9.59 Å². The second-order valence-corrected chi connectivity index (χ2v) is 9.25. The average molecular weight is 530 g/mol. The van der Waals surface area contributed by atoms with E-state index in [0.29, 0.717) is 16.9 Å². The smallest absolute Gasteiger partial charge is 0.269 e. The Hall–Kier alpha value is -5.62. The SMILES string of the molecule is CC1=C(C#N)C(=O)N(C(C)c2ccccc2)C(=O)/C1=C/c1cn(-c2ccc([N+](=O)[O-])cc2)nc1-c1ccccc1. The number of nitriles is 1. The molecule has 3 aromatic carbocycles. The van der Waals surface area contributed by atoms with Gasteiger partial charge in [-0.15, -0.1) is 0 Å². The zero-order valence-corrected chi connectivity index (χ0v) is 21.7. The van der Waals surface area contributed by atoms with E-state index in [-0.39, 0.29) is 22.4 Å². The molecule has 0 aliphatic carbocycles. The predicted octanol–water partition coefficient (Wildman–Crippen LogP) is 5.80. The monoisotopic (exact) mass is 529 g/mol. The van der Waals surface area contributed by atoms with Crippen molar-refractivity contribution in [2.75, 3.05) is 0 Å². The maximum Gasteiger partial charge on any atom is 0.272 e. The number of nitro benzene ring substituents is 1. The molecule has 1 unspecified atom stereocenters. The van der Waals surface area contributed by atoms with E-state index in [1.165, 1.54) is 12.1 Å². The fourth-order valence-electron chi connectivity index (χ4n) is 4.66. The average Bonchev–Trinajstić information content (AvgIpc) is 3.40. The van der Waals surface area contributed by atoms with Gasteiger partial charge in [0.1, 0.15) is 11.6 Å². The summed E-state index contributed by atoms with van der Waals surface area (Å²) in [6.07, 6.45) is 3.36. The first-order chi connectivity index (χ1) is 19.3. The van der Waals surface area contributed by atoms with E-state index in [2.05, 4.69) is 0 Å². The molecule has 0 saturated carbocycles. The molecule has 2 heterocycles. The Bertz CT molecular complexity index is 1730. The second-order valence-electron chi connectivity index (χ2n) is 9.25. The summed E-state index contributed by atoms with van der Waals surface area (Å²) in [5.41, 5.74) is 3.62. The fourth-order valence-corrected chi connectivity index (χ4v) is 4.66. The minimum absolute atomic E-state index is 0.0450. The molecular formula is C31H23N5O4. The second kappa shape index (κ2) is 10.6. The number of carbonyl (C=O) groups excluding carboxylic acids is 2. The van der Waals surface area contributed by atoms with Crippen LogP contribution in [0.1, 0.15) is 31.0 Å². The van der Waals surface area contributed by atoms with Crippen LogP contribution < -0.4 is 0 Å². The van der Waals surface area contributed by atoms with Crippen LogP contribution in [-0.4, -0.2) is 31.4 Å². The number of nitro groups is 1. The molecule has 0 bridgehead atoms. The first-order valence-electron chi connectivity index (χ1n) is 12.5. The van der Waals surface area contributed by atoms with Gasteiger partial charge in [0.05, 0.1) is 22.3 Å². The number of hydrogen-bond donors (Lipinski definition) is 0. The molecule has 0 N–H and O–H groups in total. The quantitative estimate of drug-likeness (QED) is 0.135. The molecule has 1 aromatic heterocycles. The van der Waals surface area contributed by atoms with Gasteiger partial charge < -0.3 is 0 Å². The van der Waals surface area contributed by atoms with Gasteiger partial charge in [0.25, 0.3) is 17.5 Å². The Morgan fingerprint density at radius 1 is 0.950 bits per heavy atom. The highest BCUT2D eigenvalue weighted by Gasteiger charge is 2.38. The molecule has 1 atom stereocenters. The number of carbonyl (C=O) groups is 2. The van der Waals surface area contributed by atoms with Crippen LogP contribution in [0.2, 0.25) is 0 Å². The Balaban J connectivity index is 1.66. The van der Waals surface area contributed by atoms with Crippen LogP contribution in [0.3, 0.4) is 0 Å². The zero-order valence-electron chi connectivity index (χ0n) is 21.7. The molecule has 40 heavy (non-hydrogen) atoms. The number of imide groups is 1. The highest BCUT2D eigenvalue weighted by Crippen LogP contribution is 2.34. The van der Waals surface area contributed by atoms with Gasteiger partial charge in [-0.3, -0.25) is 24.6 Å². The van der Waals surface area contributed by atoms with Crippen molar-refractivity contribution in [3.63, 3.8) is 0 Å². The van der Waals surface area contributed by atoms with Crippen LogP contribution in [0, 0.1) is 21.4 Å². The van der Waals surface area contributed by atoms with Crippen molar-refractivity contribution >= 4 is 23.6 Å². The van der Waals surface area contributed by atoms with Crippen molar-refractivity contribution in [1.29, 1.82) is 5.26 Å². The van der Waals surface area contributed by atoms with Gasteiger partial charge in [-0.05, 0) is 43.2 Å². The van der Waals surface area contributed by atoms with Crippen molar-refractivity contribution < 1.29 is 14.5 Å². The Morgan fingerprint density at radius 2 is 1.57 bits per heavy atom. The fraction of sp³-hybridized carbons (Fsp3) is 0.0968. The predicted molar refractivity (Wildman–Crippen MR) is 149 cm³/mol. The summed E-state index contributed by atoms with van der Waals surface area (Å²) in [5, 5.41) is 25.7. The van der Waals surface area contributed by atoms with Crippen LogP contribution >= 0.6 is 0 Å². The molecule has 1 aliphatic heterocycles. The molecule has 4 aromatic rings. The van der Waals surface area contributed by atoms with Gasteiger partial charge in [-0.25, -0.2) is 4.68 Å². The molecule has 9 nitrogen and oxygen atoms in total. The van der Waals surface area contributed by atoms with Crippen molar-refractivity contribution in [2.24, 2.45) is 0 Å². The molecular weight excluding hydrogens is 506 g/mol. The van der Waals surface area contributed by atoms with Crippen LogP contribution in [0.15, 0.2) is 108 Å². The van der Waals surface area contributed by atoms with Crippen LogP contribution in [0.25, 0.3) is 23.0 Å². The summed E-state index contributed by atoms with van der Waals surface area (Å²) in [6, 6.07) is 25.9. The van der Waals surface area contributed by atoms with Gasteiger partial charge >= 0.3 is 0 Å². The van der Waals surface area contributed by atoms with E-state index in [4.69, 9.17) is 5.10 Å². The summed E-state index contributed by atoms with van der Waals surface area (Å²) in [4.78, 5) is 38.9. The minimum Gasteiger partial charge on any atom is -0.269 e. The first kappa shape index (κ1) is 26.0. The number of non-ortho nitro benzene ring substituents is 1. The van der Waals surface area contributed by atoms with Crippen LogP contribution in [0.4, 0.5) is 5.69 Å². The van der Waals surface area contributed by atoms with Gasteiger partial charge in [0.2, 0.25) is 0 Å². The molecule has 196 valence electrons. The normalized spacial score (nSPS) is 15.3. The lowest BCUT2D eigenvalue weighted by molar-refractivity contribution is -0.384. The highest BCUT2D eigenvalue weighted by atomic mass is 16.6. The van der Waals surface area contributed by atoms with E-state index in [1.54, 1.807) is 42.9 Å². The third kappa shape index (κ3) is 4.70. The van der Waals surface area contributed by atoms with Gasteiger partial charge in [-0.1, -0.05) is 60.7 Å². The summed E-state index contributed by atoms with van der Waals surface area (Å²) >= 11 is 0. The molecule has 0 spiro atoms. The van der Waals surface area contributed by atoms with E-state index in [0.717, 1.165) is 16.0 Å². The number of amides is 2. The number of nitrogens with zero attached hydrogens (tertiary/aromatic N) is 5. The molecule has 1 aliphatic rings. The Labute approximate surface area is 230 Å². The number of aromatic nitrogens is 2. The maximum atomic E-state index is 13.9. The van der Waals surface area contributed by atoms with Crippen molar-refractivity contribution in [1.82, 2.24) is 14.7 Å². The minimum atomic E-state index is -0.636. The highest BCUT2D eigenvalue weighted by molar-refractivity contribution is 6.20. The van der Waals surface area contributed by atoms with E-state index >= 15 is 0 Å². The molecule has 9 heteroatoms. The number of benzene rings is 3. The van der Waals surface area contributed by atoms with Crippen molar-refractivity contribution in [3.8, 4) is 23.0 Å². The molecule has 2 amide bonds. The molecule has 0 fully saturated rings. The van der Waals surface area contributed by atoms with E-state index in [1.807, 2.05) is 66.7 Å². The zero-order chi connectivity index (χ0) is 28.4. The van der Waals surface area contributed by atoms with E-state index < -0.39 is 22.8 Å².